The SMILES string of the molecule is CCOC(=O)C/C(=C(/I)CF)c1ccccc1. The van der Waals surface area contributed by atoms with E-state index in [-0.39, 0.29) is 12.4 Å². The average Bonchev–Trinajstić information content (AvgIpc) is 2.36. The molecule has 1 aromatic carbocycles. The first kappa shape index (κ1) is 14.2. The smallest absolute Gasteiger partial charge is 0.310 e. The Bertz CT molecular complexity index is 401. The van der Waals surface area contributed by atoms with E-state index in [9.17, 15) is 9.18 Å². The molecule has 0 aliphatic rings. The van der Waals surface area contributed by atoms with Crippen LogP contribution in [0.15, 0.2) is 33.9 Å². The maximum absolute atomic E-state index is 12.7. The van der Waals surface area contributed by atoms with Crippen molar-refractivity contribution >= 4 is 34.1 Å². The van der Waals surface area contributed by atoms with E-state index in [4.69, 9.17) is 4.74 Å². The van der Waals surface area contributed by atoms with Crippen molar-refractivity contribution in [3.8, 4) is 0 Å². The number of hydrogen-bond acceptors (Lipinski definition) is 2. The summed E-state index contributed by atoms with van der Waals surface area (Å²) in [6.45, 7) is 1.53. The van der Waals surface area contributed by atoms with Crippen molar-refractivity contribution in [2.45, 2.75) is 13.3 Å². The first-order valence-corrected chi connectivity index (χ1v) is 6.41. The third-order valence-corrected chi connectivity index (χ3v) is 3.13. The Morgan fingerprint density at radius 3 is 2.53 bits per heavy atom. The topological polar surface area (TPSA) is 26.3 Å². The second kappa shape index (κ2) is 7.42. The molecule has 0 radical (unpaired) electrons. The zero-order valence-corrected chi connectivity index (χ0v) is 11.7. The largest absolute Gasteiger partial charge is 0.466 e. The van der Waals surface area contributed by atoms with Gasteiger partial charge in [-0.1, -0.05) is 30.3 Å². The number of alkyl halides is 1. The molecule has 2 nitrogen and oxygen atoms in total. The minimum absolute atomic E-state index is 0.111. The van der Waals surface area contributed by atoms with Crippen molar-refractivity contribution in [1.29, 1.82) is 0 Å². The fourth-order valence-corrected chi connectivity index (χ4v) is 1.93. The van der Waals surface area contributed by atoms with Crippen molar-refractivity contribution in [3.05, 3.63) is 39.5 Å². The van der Waals surface area contributed by atoms with E-state index >= 15 is 0 Å². The van der Waals surface area contributed by atoms with Crippen LogP contribution in [0.4, 0.5) is 4.39 Å². The molecule has 0 saturated heterocycles. The van der Waals surface area contributed by atoms with Crippen molar-refractivity contribution in [1.82, 2.24) is 0 Å². The summed E-state index contributed by atoms with van der Waals surface area (Å²) < 4.78 is 18.2. The summed E-state index contributed by atoms with van der Waals surface area (Å²) in [5.74, 6) is -0.325. The molecule has 0 aliphatic carbocycles. The standard InChI is InChI=1S/C13H14FIO2/c1-2-17-13(16)8-11(12(15)9-14)10-6-4-3-5-7-10/h3-7H,2,8-9H2,1H3/b12-11-. The second-order valence-corrected chi connectivity index (χ2v) is 4.67. The number of ether oxygens (including phenoxy) is 1. The highest BCUT2D eigenvalue weighted by Gasteiger charge is 2.12. The molecule has 0 saturated carbocycles. The molecule has 1 aromatic rings. The van der Waals surface area contributed by atoms with E-state index in [1.165, 1.54) is 0 Å². The monoisotopic (exact) mass is 348 g/mol. The van der Waals surface area contributed by atoms with Crippen LogP contribution in [0.2, 0.25) is 0 Å². The Morgan fingerprint density at radius 1 is 1.35 bits per heavy atom. The van der Waals surface area contributed by atoms with Gasteiger partial charge < -0.3 is 4.74 Å². The maximum atomic E-state index is 12.7. The lowest BCUT2D eigenvalue weighted by Crippen LogP contribution is -2.05. The molecule has 0 bridgehead atoms. The molecule has 0 N–H and O–H groups in total. The lowest BCUT2D eigenvalue weighted by molar-refractivity contribution is -0.141. The summed E-state index contributed by atoms with van der Waals surface area (Å²) in [6, 6.07) is 9.34. The quantitative estimate of drug-likeness (QED) is 0.598. The molecule has 0 aliphatic heterocycles. The molecular weight excluding hydrogens is 334 g/mol. The number of halogens is 2. The minimum atomic E-state index is -0.565. The fraction of sp³-hybridized carbons (Fsp3) is 0.308. The summed E-state index contributed by atoms with van der Waals surface area (Å²) in [4.78, 5) is 11.5. The molecule has 4 heteroatoms. The van der Waals surface area contributed by atoms with E-state index in [1.807, 2.05) is 52.9 Å². The van der Waals surface area contributed by atoms with E-state index in [2.05, 4.69) is 0 Å². The van der Waals surface area contributed by atoms with E-state index in [0.717, 1.165) is 5.56 Å². The average molecular weight is 348 g/mol. The number of allylic oxidation sites excluding steroid dienone is 1. The van der Waals surface area contributed by atoms with Crippen LogP contribution in [0.1, 0.15) is 18.9 Å². The van der Waals surface area contributed by atoms with Gasteiger partial charge in [0.2, 0.25) is 0 Å². The summed E-state index contributed by atoms with van der Waals surface area (Å²) >= 11 is 1.93. The van der Waals surface area contributed by atoms with Crippen LogP contribution < -0.4 is 0 Å². The Balaban J connectivity index is 2.95. The predicted molar refractivity (Wildman–Crippen MR) is 74.6 cm³/mol. The van der Waals surface area contributed by atoms with Gasteiger partial charge >= 0.3 is 5.97 Å². The van der Waals surface area contributed by atoms with Crippen LogP contribution in [0.5, 0.6) is 0 Å². The van der Waals surface area contributed by atoms with Crippen LogP contribution in [0, 0.1) is 0 Å². The molecule has 0 atom stereocenters. The van der Waals surface area contributed by atoms with Crippen LogP contribution in [0.25, 0.3) is 5.57 Å². The van der Waals surface area contributed by atoms with Crippen LogP contribution in [-0.4, -0.2) is 19.3 Å². The molecule has 17 heavy (non-hydrogen) atoms. The van der Waals surface area contributed by atoms with E-state index in [0.29, 0.717) is 15.8 Å². The molecule has 92 valence electrons. The van der Waals surface area contributed by atoms with Gasteiger partial charge in [-0.25, -0.2) is 4.39 Å². The van der Waals surface area contributed by atoms with E-state index < -0.39 is 6.67 Å². The van der Waals surface area contributed by atoms with E-state index in [1.54, 1.807) is 6.92 Å². The highest BCUT2D eigenvalue weighted by Crippen LogP contribution is 2.27. The van der Waals surface area contributed by atoms with Gasteiger partial charge in [0.15, 0.2) is 0 Å². The molecule has 0 aromatic heterocycles. The second-order valence-electron chi connectivity index (χ2n) is 3.36. The Labute approximate surface area is 114 Å². The number of esters is 1. The van der Waals surface area contributed by atoms with Crippen molar-refractivity contribution in [2.24, 2.45) is 0 Å². The van der Waals surface area contributed by atoms with Gasteiger partial charge in [0.05, 0.1) is 13.0 Å². The van der Waals surface area contributed by atoms with Gasteiger partial charge in [0.25, 0.3) is 0 Å². The summed E-state index contributed by atoms with van der Waals surface area (Å²) in [7, 11) is 0. The third kappa shape index (κ3) is 4.46. The van der Waals surface area contributed by atoms with Gasteiger partial charge in [-0.3, -0.25) is 4.79 Å². The summed E-state index contributed by atoms with van der Waals surface area (Å²) in [5, 5.41) is 0. The maximum Gasteiger partial charge on any atom is 0.310 e. The number of rotatable bonds is 5. The zero-order valence-electron chi connectivity index (χ0n) is 9.58. The molecule has 0 spiro atoms. The van der Waals surface area contributed by atoms with Crippen LogP contribution in [0.3, 0.4) is 0 Å². The molecule has 0 heterocycles. The van der Waals surface area contributed by atoms with Crippen molar-refractivity contribution in [2.75, 3.05) is 13.3 Å². The van der Waals surface area contributed by atoms with Gasteiger partial charge in [-0.2, -0.15) is 0 Å². The zero-order chi connectivity index (χ0) is 12.7. The van der Waals surface area contributed by atoms with Gasteiger partial charge in [0.1, 0.15) is 6.67 Å². The fourth-order valence-electron chi connectivity index (χ4n) is 1.43. The first-order valence-electron chi connectivity index (χ1n) is 5.33. The molecule has 0 fully saturated rings. The Hall–Kier alpha value is -0.910. The normalized spacial score (nSPS) is 11.9. The van der Waals surface area contributed by atoms with Crippen LogP contribution >= 0.6 is 22.6 Å². The number of hydrogen-bond donors (Lipinski definition) is 0. The lowest BCUT2D eigenvalue weighted by Gasteiger charge is -2.09. The molecular formula is C13H14FIO2. The van der Waals surface area contributed by atoms with Gasteiger partial charge in [0, 0.05) is 3.58 Å². The van der Waals surface area contributed by atoms with Gasteiger partial charge in [-0.15, -0.1) is 0 Å². The third-order valence-electron chi connectivity index (χ3n) is 2.19. The Morgan fingerprint density at radius 2 is 2.00 bits per heavy atom. The lowest BCUT2D eigenvalue weighted by atomic mass is 10.0. The van der Waals surface area contributed by atoms with Crippen molar-refractivity contribution < 1.29 is 13.9 Å². The highest BCUT2D eigenvalue weighted by molar-refractivity contribution is 14.1. The molecule has 0 unspecified atom stereocenters. The first-order chi connectivity index (χ1) is 8.19. The number of carbonyl (C=O) groups excluding carboxylic acids is 1. The van der Waals surface area contributed by atoms with Crippen molar-refractivity contribution in [3.63, 3.8) is 0 Å². The number of carbonyl (C=O) groups is 1. The Kier molecular flexibility index (Phi) is 6.18. The predicted octanol–water partition coefficient (Wildman–Crippen LogP) is 3.76. The van der Waals surface area contributed by atoms with Gasteiger partial charge in [-0.05, 0) is 40.7 Å². The summed E-state index contributed by atoms with van der Waals surface area (Å²) in [5.41, 5.74) is 1.56. The highest BCUT2D eigenvalue weighted by atomic mass is 127. The number of benzene rings is 1. The van der Waals surface area contributed by atoms with Crippen LogP contribution in [-0.2, 0) is 9.53 Å². The molecule has 0 amide bonds. The molecule has 1 rings (SSSR count). The minimum Gasteiger partial charge on any atom is -0.466 e. The summed E-state index contributed by atoms with van der Waals surface area (Å²) in [6.07, 6.45) is 0.111.